The van der Waals surface area contributed by atoms with Crippen molar-refractivity contribution in [2.45, 2.75) is 24.7 Å². The largest absolute Gasteiger partial charge is 0.310 e. The molecule has 1 aromatic heterocycles. The van der Waals surface area contributed by atoms with Crippen molar-refractivity contribution >= 4 is 38.9 Å². The maximum Gasteiger partial charge on any atom is 0.0754 e. The molecule has 1 spiro atoms. The van der Waals surface area contributed by atoms with Crippen LogP contribution in [0.25, 0.3) is 72.0 Å². The molecule has 10 aromatic carbocycles. The third-order valence-corrected chi connectivity index (χ3v) is 15.2. The van der Waals surface area contributed by atoms with Crippen molar-refractivity contribution in [2.24, 2.45) is 0 Å². The highest BCUT2D eigenvalue weighted by Gasteiger charge is 2.50. The van der Waals surface area contributed by atoms with Gasteiger partial charge in [0.1, 0.15) is 0 Å². The lowest BCUT2D eigenvalue weighted by atomic mass is 9.65. The molecule has 2 nitrogen and oxygen atoms in total. The molecule has 0 radical (unpaired) electrons. The average molecular weight is 841 g/mol. The van der Waals surface area contributed by atoms with Crippen LogP contribution >= 0.6 is 0 Å². The lowest BCUT2D eigenvalue weighted by Gasteiger charge is -2.39. The summed E-state index contributed by atoms with van der Waals surface area (Å²) in [5.41, 5.74) is 24.6. The number of anilines is 3. The Morgan fingerprint density at radius 3 is 1.62 bits per heavy atom. The summed E-state index contributed by atoms with van der Waals surface area (Å²) >= 11 is 0. The third-order valence-electron chi connectivity index (χ3n) is 15.2. The summed E-state index contributed by atoms with van der Waals surface area (Å²) in [6, 6.07) is 86.2. The Bertz CT molecular complexity index is 3760. The first-order valence-electron chi connectivity index (χ1n) is 23.2. The SMILES string of the molecule is CC1(C)c2ccccc2-c2ccc(N(c3ccc4c(c3)c3cccc5c3n4-c3ccccc3C53c4ccccc4-c4ccccc43)c3ccccc3-c3ccccc3-c3ccccc3)cc21. The smallest absolute Gasteiger partial charge is 0.0754 e. The van der Waals surface area contributed by atoms with Crippen LogP contribution in [0.4, 0.5) is 17.1 Å². The fraction of sp³-hybridized carbons (Fsp3) is 0.0625. The number of aromatic nitrogens is 1. The minimum atomic E-state index is -0.456. The Morgan fingerprint density at radius 2 is 0.879 bits per heavy atom. The van der Waals surface area contributed by atoms with Crippen LogP contribution in [0.2, 0.25) is 0 Å². The van der Waals surface area contributed by atoms with Crippen LogP contribution in [0.15, 0.2) is 231 Å². The second-order valence-corrected chi connectivity index (χ2v) is 18.8. The van der Waals surface area contributed by atoms with Gasteiger partial charge in [0.2, 0.25) is 0 Å². The minimum Gasteiger partial charge on any atom is -0.310 e. The van der Waals surface area contributed by atoms with Gasteiger partial charge in [0.05, 0.1) is 27.8 Å². The van der Waals surface area contributed by atoms with Gasteiger partial charge in [-0.15, -0.1) is 0 Å². The van der Waals surface area contributed by atoms with E-state index in [4.69, 9.17) is 0 Å². The highest BCUT2D eigenvalue weighted by molar-refractivity contribution is 6.14. The molecule has 2 aliphatic carbocycles. The first-order chi connectivity index (χ1) is 32.5. The van der Waals surface area contributed by atoms with Gasteiger partial charge in [0.15, 0.2) is 0 Å². The van der Waals surface area contributed by atoms with E-state index in [1.165, 1.54) is 105 Å². The van der Waals surface area contributed by atoms with Gasteiger partial charge in [-0.1, -0.05) is 202 Å². The van der Waals surface area contributed by atoms with Gasteiger partial charge in [-0.05, 0) is 115 Å². The monoisotopic (exact) mass is 840 g/mol. The molecule has 66 heavy (non-hydrogen) atoms. The standard InChI is InChI=1S/C64H44N2/c1-63(2)53-28-12-8-23-46(53)49-37-35-43(40-58(49)63)65(59-33-16-11-26-50(59)45-22-7-6-21-44(45)41-19-4-3-5-20-41)42-36-38-60-52(39-42)51-27-18-32-57-62(51)66(60)61-34-17-15-31-56(61)64(57)54-29-13-9-24-47(54)48-25-10-14-30-55(48)64/h3-40H,1-2H3. The Labute approximate surface area is 385 Å². The quantitative estimate of drug-likeness (QED) is 0.168. The van der Waals surface area contributed by atoms with Gasteiger partial charge in [0, 0.05) is 33.1 Å². The molecule has 0 atom stereocenters. The van der Waals surface area contributed by atoms with E-state index in [9.17, 15) is 0 Å². The van der Waals surface area contributed by atoms with E-state index in [-0.39, 0.29) is 5.41 Å². The van der Waals surface area contributed by atoms with E-state index in [2.05, 4.69) is 254 Å². The van der Waals surface area contributed by atoms with E-state index in [1.54, 1.807) is 0 Å². The van der Waals surface area contributed by atoms with Gasteiger partial charge in [-0.25, -0.2) is 0 Å². The topological polar surface area (TPSA) is 8.17 Å². The number of hydrogen-bond donors (Lipinski definition) is 0. The normalized spacial score (nSPS) is 14.2. The number of benzene rings is 10. The average Bonchev–Trinajstić information content (AvgIpc) is 3.95. The van der Waals surface area contributed by atoms with Crippen molar-refractivity contribution in [3.05, 3.63) is 264 Å². The predicted octanol–water partition coefficient (Wildman–Crippen LogP) is 16.6. The van der Waals surface area contributed by atoms with E-state index in [0.29, 0.717) is 0 Å². The van der Waals surface area contributed by atoms with Crippen LogP contribution in [0.5, 0.6) is 0 Å². The number of rotatable bonds is 5. The first kappa shape index (κ1) is 37.2. The Balaban J connectivity index is 1.04. The molecular formula is C64H44N2. The molecule has 1 aliphatic heterocycles. The predicted molar refractivity (Wildman–Crippen MR) is 275 cm³/mol. The highest BCUT2D eigenvalue weighted by atomic mass is 15.1. The lowest BCUT2D eigenvalue weighted by molar-refractivity contribution is 0.660. The van der Waals surface area contributed by atoms with Crippen molar-refractivity contribution < 1.29 is 0 Å². The fourth-order valence-corrected chi connectivity index (χ4v) is 12.4. The number of para-hydroxylation sites is 3. The van der Waals surface area contributed by atoms with Crippen LogP contribution in [-0.2, 0) is 10.8 Å². The summed E-state index contributed by atoms with van der Waals surface area (Å²) in [5, 5.41) is 2.49. The first-order valence-corrected chi connectivity index (χ1v) is 23.2. The molecule has 0 fully saturated rings. The van der Waals surface area contributed by atoms with E-state index in [1.807, 2.05) is 0 Å². The summed E-state index contributed by atoms with van der Waals surface area (Å²) in [5.74, 6) is 0. The van der Waals surface area contributed by atoms with Crippen LogP contribution in [0, 0.1) is 0 Å². The summed E-state index contributed by atoms with van der Waals surface area (Å²) in [6.07, 6.45) is 0. The summed E-state index contributed by atoms with van der Waals surface area (Å²) in [4.78, 5) is 2.52. The van der Waals surface area contributed by atoms with Crippen molar-refractivity contribution in [3.8, 4) is 50.2 Å². The molecule has 0 unspecified atom stereocenters. The fourth-order valence-electron chi connectivity index (χ4n) is 12.4. The van der Waals surface area contributed by atoms with Crippen LogP contribution in [-0.4, -0.2) is 4.57 Å². The van der Waals surface area contributed by atoms with Gasteiger partial charge in [0.25, 0.3) is 0 Å². The molecular weight excluding hydrogens is 797 g/mol. The molecule has 3 aliphatic rings. The van der Waals surface area contributed by atoms with Gasteiger partial charge in [-0.3, -0.25) is 0 Å². The van der Waals surface area contributed by atoms with Crippen molar-refractivity contribution in [1.82, 2.24) is 4.57 Å². The van der Waals surface area contributed by atoms with Crippen LogP contribution in [0.3, 0.4) is 0 Å². The zero-order valence-corrected chi connectivity index (χ0v) is 36.8. The lowest BCUT2D eigenvalue weighted by Crippen LogP contribution is -2.33. The second kappa shape index (κ2) is 13.7. The number of hydrogen-bond acceptors (Lipinski definition) is 1. The van der Waals surface area contributed by atoms with E-state index < -0.39 is 5.41 Å². The molecule has 0 bridgehead atoms. The van der Waals surface area contributed by atoms with Crippen LogP contribution in [0.1, 0.15) is 47.2 Å². The highest BCUT2D eigenvalue weighted by Crippen LogP contribution is 2.61. The number of nitrogens with zero attached hydrogens (tertiary/aromatic N) is 2. The third kappa shape index (κ3) is 4.85. The second-order valence-electron chi connectivity index (χ2n) is 18.8. The molecule has 2 heterocycles. The summed E-state index contributed by atoms with van der Waals surface area (Å²) in [7, 11) is 0. The molecule has 0 N–H and O–H groups in total. The maximum absolute atomic E-state index is 2.55. The molecule has 11 aromatic rings. The summed E-state index contributed by atoms with van der Waals surface area (Å²) in [6.45, 7) is 4.75. The van der Waals surface area contributed by atoms with Crippen molar-refractivity contribution in [2.75, 3.05) is 4.90 Å². The zero-order chi connectivity index (χ0) is 43.7. The van der Waals surface area contributed by atoms with Gasteiger partial charge in [-0.2, -0.15) is 0 Å². The maximum atomic E-state index is 2.55. The van der Waals surface area contributed by atoms with Gasteiger partial charge < -0.3 is 9.47 Å². The van der Waals surface area contributed by atoms with E-state index >= 15 is 0 Å². The molecule has 14 rings (SSSR count). The molecule has 0 amide bonds. The molecule has 0 saturated carbocycles. The summed E-state index contributed by atoms with van der Waals surface area (Å²) < 4.78 is 2.55. The molecule has 0 saturated heterocycles. The Kier molecular flexibility index (Phi) is 7.70. The Morgan fingerprint density at radius 1 is 0.348 bits per heavy atom. The number of fused-ring (bicyclic) bond motifs is 15. The van der Waals surface area contributed by atoms with Crippen molar-refractivity contribution in [3.63, 3.8) is 0 Å². The molecule has 310 valence electrons. The van der Waals surface area contributed by atoms with E-state index in [0.717, 1.165) is 17.1 Å². The Hall–Kier alpha value is -8.20. The molecule has 2 heteroatoms. The van der Waals surface area contributed by atoms with Gasteiger partial charge >= 0.3 is 0 Å². The van der Waals surface area contributed by atoms with Crippen molar-refractivity contribution in [1.29, 1.82) is 0 Å². The zero-order valence-electron chi connectivity index (χ0n) is 36.8. The minimum absolute atomic E-state index is 0.156. The van der Waals surface area contributed by atoms with Crippen LogP contribution < -0.4 is 4.90 Å².